The van der Waals surface area contributed by atoms with Gasteiger partial charge in [-0.2, -0.15) is 0 Å². The lowest BCUT2D eigenvalue weighted by Crippen LogP contribution is -2.41. The van der Waals surface area contributed by atoms with Crippen LogP contribution in [0, 0.1) is 6.92 Å². The molecule has 0 unspecified atom stereocenters. The minimum absolute atomic E-state index is 0.289. The van der Waals surface area contributed by atoms with Crippen molar-refractivity contribution in [2.75, 3.05) is 19.8 Å². The highest BCUT2D eigenvalue weighted by Gasteiger charge is 2.30. The number of halogens is 1. The molecule has 1 aromatic rings. The van der Waals surface area contributed by atoms with Crippen molar-refractivity contribution in [3.05, 3.63) is 28.8 Å². The molecule has 1 saturated heterocycles. The summed E-state index contributed by atoms with van der Waals surface area (Å²) in [6, 6.07) is 5.51. The van der Waals surface area contributed by atoms with E-state index < -0.39 is 5.60 Å². The number of ether oxygens (including phenoxy) is 2. The van der Waals surface area contributed by atoms with Crippen molar-refractivity contribution in [1.29, 1.82) is 0 Å². The summed E-state index contributed by atoms with van der Waals surface area (Å²) in [5, 5.41) is 10.9. The summed E-state index contributed by atoms with van der Waals surface area (Å²) in [7, 11) is 0. The first-order chi connectivity index (χ1) is 8.09. The maximum atomic E-state index is 10.3. The number of benzene rings is 1. The molecule has 0 aromatic heterocycles. The van der Waals surface area contributed by atoms with Crippen molar-refractivity contribution >= 4 is 11.6 Å². The molecule has 0 amide bonds. The first-order valence-corrected chi connectivity index (χ1v) is 6.16. The number of aryl methyl sites for hydroxylation is 1. The predicted octanol–water partition coefficient (Wildman–Crippen LogP) is 2.57. The standard InChI is InChI=1S/C13H17ClO3/c1-10-2-3-11(14)8-12(10)17-9-13(15)4-6-16-7-5-13/h2-3,8,15H,4-7,9H2,1H3. The summed E-state index contributed by atoms with van der Waals surface area (Å²) < 4.78 is 10.9. The van der Waals surface area contributed by atoms with E-state index in [9.17, 15) is 5.11 Å². The van der Waals surface area contributed by atoms with E-state index in [1.165, 1.54) is 0 Å². The van der Waals surface area contributed by atoms with E-state index in [1.807, 2.05) is 19.1 Å². The molecule has 1 heterocycles. The van der Waals surface area contributed by atoms with Gasteiger partial charge in [0.05, 0.1) is 0 Å². The lowest BCUT2D eigenvalue weighted by atomic mass is 9.96. The minimum Gasteiger partial charge on any atom is -0.490 e. The van der Waals surface area contributed by atoms with E-state index in [0.29, 0.717) is 31.1 Å². The zero-order chi connectivity index (χ0) is 12.3. The minimum atomic E-state index is -0.771. The van der Waals surface area contributed by atoms with E-state index in [4.69, 9.17) is 21.1 Å². The monoisotopic (exact) mass is 256 g/mol. The smallest absolute Gasteiger partial charge is 0.123 e. The molecule has 2 rings (SSSR count). The fourth-order valence-electron chi connectivity index (χ4n) is 1.84. The van der Waals surface area contributed by atoms with E-state index in [-0.39, 0.29) is 6.61 Å². The van der Waals surface area contributed by atoms with Crippen LogP contribution in [0.25, 0.3) is 0 Å². The summed E-state index contributed by atoms with van der Waals surface area (Å²) in [4.78, 5) is 0. The van der Waals surface area contributed by atoms with Gasteiger partial charge >= 0.3 is 0 Å². The van der Waals surface area contributed by atoms with Gasteiger partial charge in [0.15, 0.2) is 0 Å². The number of hydrogen-bond donors (Lipinski definition) is 1. The van der Waals surface area contributed by atoms with Gasteiger partial charge in [-0.25, -0.2) is 0 Å². The zero-order valence-corrected chi connectivity index (χ0v) is 10.7. The Balaban J connectivity index is 1.99. The predicted molar refractivity (Wildman–Crippen MR) is 66.7 cm³/mol. The second-order valence-corrected chi connectivity index (χ2v) is 4.97. The Hall–Kier alpha value is -0.770. The second-order valence-electron chi connectivity index (χ2n) is 4.54. The van der Waals surface area contributed by atoms with Gasteiger partial charge in [-0.3, -0.25) is 0 Å². The van der Waals surface area contributed by atoms with Gasteiger partial charge in [0.1, 0.15) is 18.0 Å². The zero-order valence-electron chi connectivity index (χ0n) is 9.91. The molecule has 0 radical (unpaired) electrons. The van der Waals surface area contributed by atoms with Crippen LogP contribution in [0.15, 0.2) is 18.2 Å². The SMILES string of the molecule is Cc1ccc(Cl)cc1OCC1(O)CCOCC1. The average Bonchev–Trinajstić information content (AvgIpc) is 2.31. The summed E-state index contributed by atoms with van der Waals surface area (Å²) in [6.07, 6.45) is 1.24. The molecule has 1 aliphatic rings. The number of rotatable bonds is 3. The van der Waals surface area contributed by atoms with Crippen LogP contribution in [0.2, 0.25) is 5.02 Å². The second kappa shape index (κ2) is 5.25. The van der Waals surface area contributed by atoms with Crippen molar-refractivity contribution in [2.24, 2.45) is 0 Å². The average molecular weight is 257 g/mol. The van der Waals surface area contributed by atoms with Crippen LogP contribution in [-0.4, -0.2) is 30.5 Å². The molecular formula is C13H17ClO3. The van der Waals surface area contributed by atoms with Crippen LogP contribution >= 0.6 is 11.6 Å². The van der Waals surface area contributed by atoms with E-state index in [1.54, 1.807) is 6.07 Å². The Morgan fingerprint density at radius 2 is 2.12 bits per heavy atom. The summed E-state index contributed by atoms with van der Waals surface area (Å²) in [6.45, 7) is 3.43. The molecule has 0 bridgehead atoms. The maximum Gasteiger partial charge on any atom is 0.123 e. The highest BCUT2D eigenvalue weighted by Crippen LogP contribution is 2.26. The molecule has 0 aliphatic carbocycles. The van der Waals surface area contributed by atoms with Crippen molar-refractivity contribution in [2.45, 2.75) is 25.4 Å². The van der Waals surface area contributed by atoms with Gasteiger partial charge in [-0.1, -0.05) is 17.7 Å². The molecule has 0 atom stereocenters. The molecule has 0 saturated carbocycles. The maximum absolute atomic E-state index is 10.3. The van der Waals surface area contributed by atoms with Gasteiger partial charge in [0.25, 0.3) is 0 Å². The lowest BCUT2D eigenvalue weighted by Gasteiger charge is -2.31. The topological polar surface area (TPSA) is 38.7 Å². The van der Waals surface area contributed by atoms with Crippen LogP contribution in [0.4, 0.5) is 0 Å². The third-order valence-corrected chi connectivity index (χ3v) is 3.31. The van der Waals surface area contributed by atoms with Gasteiger partial charge in [0, 0.05) is 31.1 Å². The fraction of sp³-hybridized carbons (Fsp3) is 0.538. The fourth-order valence-corrected chi connectivity index (χ4v) is 2.00. The van der Waals surface area contributed by atoms with E-state index in [0.717, 1.165) is 11.3 Å². The highest BCUT2D eigenvalue weighted by atomic mass is 35.5. The van der Waals surface area contributed by atoms with Crippen molar-refractivity contribution < 1.29 is 14.6 Å². The Bertz CT molecular complexity index is 386. The molecule has 1 fully saturated rings. The Morgan fingerprint density at radius 3 is 2.82 bits per heavy atom. The largest absolute Gasteiger partial charge is 0.490 e. The quantitative estimate of drug-likeness (QED) is 0.903. The van der Waals surface area contributed by atoms with E-state index >= 15 is 0 Å². The summed E-state index contributed by atoms with van der Waals surface area (Å²) in [5.74, 6) is 0.734. The highest BCUT2D eigenvalue weighted by molar-refractivity contribution is 6.30. The summed E-state index contributed by atoms with van der Waals surface area (Å²) in [5.41, 5.74) is 0.248. The molecule has 17 heavy (non-hydrogen) atoms. The Kier molecular flexibility index (Phi) is 3.92. The first-order valence-electron chi connectivity index (χ1n) is 5.78. The molecule has 1 aromatic carbocycles. The number of hydrogen-bond acceptors (Lipinski definition) is 3. The van der Waals surface area contributed by atoms with Gasteiger partial charge in [-0.05, 0) is 24.6 Å². The third-order valence-electron chi connectivity index (χ3n) is 3.07. The first kappa shape index (κ1) is 12.7. The van der Waals surface area contributed by atoms with Gasteiger partial charge in [-0.15, -0.1) is 0 Å². The van der Waals surface area contributed by atoms with Crippen LogP contribution in [-0.2, 0) is 4.74 Å². The molecular weight excluding hydrogens is 240 g/mol. The van der Waals surface area contributed by atoms with Crippen LogP contribution in [0.3, 0.4) is 0 Å². The van der Waals surface area contributed by atoms with Gasteiger partial charge in [0.2, 0.25) is 0 Å². The molecule has 3 nitrogen and oxygen atoms in total. The Morgan fingerprint density at radius 1 is 1.41 bits per heavy atom. The number of aliphatic hydroxyl groups is 1. The van der Waals surface area contributed by atoms with Crippen molar-refractivity contribution in [3.8, 4) is 5.75 Å². The van der Waals surface area contributed by atoms with Crippen molar-refractivity contribution in [1.82, 2.24) is 0 Å². The molecule has 1 N–H and O–H groups in total. The molecule has 94 valence electrons. The van der Waals surface area contributed by atoms with Gasteiger partial charge < -0.3 is 14.6 Å². The molecule has 1 aliphatic heterocycles. The van der Waals surface area contributed by atoms with Crippen LogP contribution in [0.1, 0.15) is 18.4 Å². The van der Waals surface area contributed by atoms with Crippen LogP contribution in [0.5, 0.6) is 5.75 Å². The summed E-state index contributed by atoms with van der Waals surface area (Å²) >= 11 is 5.91. The Labute approximate surface area is 106 Å². The van der Waals surface area contributed by atoms with Crippen molar-refractivity contribution in [3.63, 3.8) is 0 Å². The van der Waals surface area contributed by atoms with Crippen LogP contribution < -0.4 is 4.74 Å². The molecule has 4 heteroatoms. The van der Waals surface area contributed by atoms with E-state index in [2.05, 4.69) is 0 Å². The molecule has 0 spiro atoms. The third kappa shape index (κ3) is 3.35. The normalized spacial score (nSPS) is 19.0. The lowest BCUT2D eigenvalue weighted by molar-refractivity contribution is -0.0856.